The summed E-state index contributed by atoms with van der Waals surface area (Å²) >= 11 is 6.02. The van der Waals surface area contributed by atoms with Crippen LogP contribution in [0.5, 0.6) is 0 Å². The summed E-state index contributed by atoms with van der Waals surface area (Å²) in [6.45, 7) is 2.81. The smallest absolute Gasteiger partial charge is 0.255 e. The van der Waals surface area contributed by atoms with Gasteiger partial charge in [-0.15, -0.1) is 0 Å². The van der Waals surface area contributed by atoms with E-state index < -0.39 is 0 Å². The zero-order valence-corrected chi connectivity index (χ0v) is 12.7. The number of aromatic nitrogens is 1. The van der Waals surface area contributed by atoms with Gasteiger partial charge < -0.3 is 14.8 Å². The molecule has 2 heterocycles. The largest absolute Gasteiger partial charge is 0.368 e. The van der Waals surface area contributed by atoms with Gasteiger partial charge in [0, 0.05) is 49.2 Å². The molecule has 1 N–H and O–H groups in total. The summed E-state index contributed by atoms with van der Waals surface area (Å²) < 4.78 is 0. The number of anilines is 1. The van der Waals surface area contributed by atoms with E-state index in [0.717, 1.165) is 18.8 Å². The van der Waals surface area contributed by atoms with E-state index in [1.807, 2.05) is 24.3 Å². The Morgan fingerprint density at radius 3 is 2.50 bits per heavy atom. The van der Waals surface area contributed by atoms with Crippen LogP contribution < -0.4 is 10.5 Å². The SMILES string of the molecule is O=C(c1ccc(=O)[nH]c1)N1CCN(c2cccc(Cl)c2)CC1. The summed E-state index contributed by atoms with van der Waals surface area (Å²) in [5.74, 6) is -0.0537. The van der Waals surface area contributed by atoms with E-state index >= 15 is 0 Å². The highest BCUT2D eigenvalue weighted by Crippen LogP contribution is 2.21. The van der Waals surface area contributed by atoms with Crippen molar-refractivity contribution in [2.45, 2.75) is 0 Å². The number of carbonyl (C=O) groups is 1. The van der Waals surface area contributed by atoms with Crippen molar-refractivity contribution in [1.29, 1.82) is 0 Å². The maximum atomic E-state index is 12.4. The van der Waals surface area contributed by atoms with Crippen LogP contribution >= 0.6 is 11.6 Å². The standard InChI is InChI=1S/C16H16ClN3O2/c17-13-2-1-3-14(10-13)19-6-8-20(9-7-19)16(22)12-4-5-15(21)18-11-12/h1-5,10-11H,6-9H2,(H,18,21). The van der Waals surface area contributed by atoms with E-state index in [1.165, 1.54) is 12.3 Å². The van der Waals surface area contributed by atoms with Crippen LogP contribution in [0.2, 0.25) is 5.02 Å². The minimum Gasteiger partial charge on any atom is -0.368 e. The van der Waals surface area contributed by atoms with Crippen molar-refractivity contribution in [2.75, 3.05) is 31.1 Å². The second-order valence-electron chi connectivity index (χ2n) is 5.20. The second-order valence-corrected chi connectivity index (χ2v) is 5.64. The van der Waals surface area contributed by atoms with Gasteiger partial charge in [-0.1, -0.05) is 17.7 Å². The summed E-state index contributed by atoms with van der Waals surface area (Å²) in [6.07, 6.45) is 1.47. The van der Waals surface area contributed by atoms with Crippen LogP contribution in [-0.4, -0.2) is 42.0 Å². The average molecular weight is 318 g/mol. The van der Waals surface area contributed by atoms with Crippen LogP contribution in [0.15, 0.2) is 47.4 Å². The predicted molar refractivity (Wildman–Crippen MR) is 86.6 cm³/mol. The minimum absolute atomic E-state index is 0.0537. The molecule has 0 radical (unpaired) electrons. The third-order valence-electron chi connectivity index (χ3n) is 3.77. The third-order valence-corrected chi connectivity index (χ3v) is 4.01. The minimum atomic E-state index is -0.206. The van der Waals surface area contributed by atoms with E-state index in [2.05, 4.69) is 9.88 Å². The van der Waals surface area contributed by atoms with Gasteiger partial charge in [0.05, 0.1) is 5.56 Å². The molecule has 0 atom stereocenters. The number of hydrogen-bond donors (Lipinski definition) is 1. The first-order valence-corrected chi connectivity index (χ1v) is 7.50. The van der Waals surface area contributed by atoms with Crippen LogP contribution in [0.3, 0.4) is 0 Å². The van der Waals surface area contributed by atoms with Crippen molar-refractivity contribution in [2.24, 2.45) is 0 Å². The van der Waals surface area contributed by atoms with Gasteiger partial charge in [-0.05, 0) is 24.3 Å². The first-order chi connectivity index (χ1) is 10.6. The van der Waals surface area contributed by atoms with Gasteiger partial charge in [0.1, 0.15) is 0 Å². The van der Waals surface area contributed by atoms with Crippen LogP contribution in [0.1, 0.15) is 10.4 Å². The Morgan fingerprint density at radius 1 is 1.09 bits per heavy atom. The Morgan fingerprint density at radius 2 is 1.86 bits per heavy atom. The Kier molecular flexibility index (Phi) is 4.15. The monoisotopic (exact) mass is 317 g/mol. The fourth-order valence-electron chi connectivity index (χ4n) is 2.57. The normalized spacial score (nSPS) is 15.0. The van der Waals surface area contributed by atoms with Crippen molar-refractivity contribution in [3.05, 3.63) is 63.5 Å². The van der Waals surface area contributed by atoms with Crippen molar-refractivity contribution < 1.29 is 4.79 Å². The molecule has 3 rings (SSSR count). The number of rotatable bonds is 2. The predicted octanol–water partition coefficient (Wildman–Crippen LogP) is 1.99. The van der Waals surface area contributed by atoms with E-state index in [-0.39, 0.29) is 11.5 Å². The number of piperazine rings is 1. The second kappa shape index (κ2) is 6.23. The molecule has 1 aliphatic rings. The van der Waals surface area contributed by atoms with E-state index in [0.29, 0.717) is 23.7 Å². The first kappa shape index (κ1) is 14.7. The first-order valence-electron chi connectivity index (χ1n) is 7.12. The maximum absolute atomic E-state index is 12.4. The van der Waals surface area contributed by atoms with Gasteiger partial charge in [-0.3, -0.25) is 9.59 Å². The Bertz CT molecular complexity index is 716. The van der Waals surface area contributed by atoms with Gasteiger partial charge in [-0.25, -0.2) is 0 Å². The fraction of sp³-hybridized carbons (Fsp3) is 0.250. The number of aromatic amines is 1. The topological polar surface area (TPSA) is 56.4 Å². The molecule has 0 unspecified atom stereocenters. The van der Waals surface area contributed by atoms with Crippen LogP contribution in [0.4, 0.5) is 5.69 Å². The highest BCUT2D eigenvalue weighted by molar-refractivity contribution is 6.30. The summed E-state index contributed by atoms with van der Waals surface area (Å²) in [5.41, 5.74) is 1.38. The van der Waals surface area contributed by atoms with E-state index in [9.17, 15) is 9.59 Å². The lowest BCUT2D eigenvalue weighted by Gasteiger charge is -2.36. The molecule has 0 bridgehead atoms. The molecular formula is C16H16ClN3O2. The number of nitrogens with one attached hydrogen (secondary N) is 1. The molecule has 1 amide bonds. The zero-order valence-electron chi connectivity index (χ0n) is 12.0. The number of hydrogen-bond acceptors (Lipinski definition) is 3. The maximum Gasteiger partial charge on any atom is 0.255 e. The van der Waals surface area contributed by atoms with Crippen molar-refractivity contribution >= 4 is 23.2 Å². The highest BCUT2D eigenvalue weighted by Gasteiger charge is 2.22. The molecule has 114 valence electrons. The lowest BCUT2D eigenvalue weighted by Crippen LogP contribution is -2.48. The Balaban J connectivity index is 1.65. The number of benzene rings is 1. The van der Waals surface area contributed by atoms with Gasteiger partial charge in [0.15, 0.2) is 0 Å². The van der Waals surface area contributed by atoms with Gasteiger partial charge in [0.25, 0.3) is 5.91 Å². The molecule has 1 fully saturated rings. The molecule has 1 saturated heterocycles. The molecule has 1 aromatic carbocycles. The number of nitrogens with zero attached hydrogens (tertiary/aromatic N) is 2. The number of carbonyl (C=O) groups excluding carboxylic acids is 1. The van der Waals surface area contributed by atoms with Crippen LogP contribution in [0.25, 0.3) is 0 Å². The molecule has 22 heavy (non-hydrogen) atoms. The van der Waals surface area contributed by atoms with Gasteiger partial charge in [0.2, 0.25) is 5.56 Å². The molecule has 2 aromatic rings. The summed E-state index contributed by atoms with van der Waals surface area (Å²) in [5, 5.41) is 0.712. The molecule has 0 aliphatic carbocycles. The summed E-state index contributed by atoms with van der Waals surface area (Å²) in [7, 11) is 0. The summed E-state index contributed by atoms with van der Waals surface area (Å²) in [4.78, 5) is 30.0. The fourth-order valence-corrected chi connectivity index (χ4v) is 2.75. The number of amides is 1. The molecule has 0 saturated carbocycles. The molecule has 1 aromatic heterocycles. The molecule has 0 spiro atoms. The van der Waals surface area contributed by atoms with Crippen molar-refractivity contribution in [3.63, 3.8) is 0 Å². The molecular weight excluding hydrogens is 302 g/mol. The molecule has 5 nitrogen and oxygen atoms in total. The number of H-pyrrole nitrogens is 1. The van der Waals surface area contributed by atoms with Crippen LogP contribution in [0, 0.1) is 0 Å². The Hall–Kier alpha value is -2.27. The van der Waals surface area contributed by atoms with Gasteiger partial charge >= 0.3 is 0 Å². The Labute approximate surface area is 133 Å². The third kappa shape index (κ3) is 3.14. The van der Waals surface area contributed by atoms with Gasteiger partial charge in [-0.2, -0.15) is 0 Å². The molecule has 6 heteroatoms. The number of halogens is 1. The van der Waals surface area contributed by atoms with Crippen molar-refractivity contribution in [3.8, 4) is 0 Å². The zero-order chi connectivity index (χ0) is 15.5. The lowest BCUT2D eigenvalue weighted by molar-refractivity contribution is 0.0746. The lowest BCUT2D eigenvalue weighted by atomic mass is 10.2. The van der Waals surface area contributed by atoms with E-state index in [4.69, 9.17) is 11.6 Å². The highest BCUT2D eigenvalue weighted by atomic mass is 35.5. The number of pyridine rings is 1. The summed E-state index contributed by atoms with van der Waals surface area (Å²) in [6, 6.07) is 10.7. The molecule has 1 aliphatic heterocycles. The van der Waals surface area contributed by atoms with Crippen LogP contribution in [-0.2, 0) is 0 Å². The average Bonchev–Trinajstić information content (AvgIpc) is 2.55. The van der Waals surface area contributed by atoms with E-state index in [1.54, 1.807) is 11.0 Å². The van der Waals surface area contributed by atoms with Crippen molar-refractivity contribution in [1.82, 2.24) is 9.88 Å². The quantitative estimate of drug-likeness (QED) is 0.921.